The van der Waals surface area contributed by atoms with E-state index in [2.05, 4.69) is 22.8 Å². The highest BCUT2D eigenvalue weighted by atomic mass is 32.2. The Morgan fingerprint density at radius 3 is 2.29 bits per heavy atom. The van der Waals surface area contributed by atoms with Gasteiger partial charge in [-0.1, -0.05) is 74.5 Å². The van der Waals surface area contributed by atoms with Crippen LogP contribution >= 0.6 is 0 Å². The highest BCUT2D eigenvalue weighted by Gasteiger charge is 2.44. The minimum Gasteiger partial charge on any atom is -0.493 e. The molecule has 15 nitrogen and oxygen atoms in total. The highest BCUT2D eigenvalue weighted by Crippen LogP contribution is 2.33. The minimum atomic E-state index is -4.04. The average Bonchev–Trinajstić information content (AvgIpc) is 3.97. The van der Waals surface area contributed by atoms with Gasteiger partial charge in [0.15, 0.2) is 17.8 Å². The SMILES string of the molecule is COc1ccc(CCCc2cccc(OCCNC(=O)CCCCOCc3ccc(S(=O)(=O)N(CC(C)C)CC(O)C(Cc4ccccc4)NC(=O)OC4COC5OCCC45)cc3)c2)cc1OC. The fraction of sp³-hybridized carbons (Fsp3) is 0.500. The van der Waals surface area contributed by atoms with E-state index in [1.54, 1.807) is 38.5 Å². The van der Waals surface area contributed by atoms with Crippen molar-refractivity contribution in [3.05, 3.63) is 119 Å². The zero-order valence-electron chi connectivity index (χ0n) is 39.8. The lowest BCUT2D eigenvalue weighted by atomic mass is 10.0. The molecule has 2 heterocycles. The number of benzene rings is 4. The summed E-state index contributed by atoms with van der Waals surface area (Å²) in [7, 11) is -0.775. The van der Waals surface area contributed by atoms with E-state index in [1.165, 1.54) is 15.4 Å². The number of unbranched alkanes of at least 4 members (excludes halogenated alkanes) is 1. The Bertz CT molecular complexity index is 2280. The van der Waals surface area contributed by atoms with Crippen LogP contribution in [-0.4, -0.2) is 115 Å². The van der Waals surface area contributed by atoms with Gasteiger partial charge in [0.2, 0.25) is 15.9 Å². The molecule has 6 rings (SSSR count). The zero-order valence-corrected chi connectivity index (χ0v) is 40.6. The second kappa shape index (κ2) is 26.5. The summed E-state index contributed by atoms with van der Waals surface area (Å²) >= 11 is 0. The second-order valence-electron chi connectivity index (χ2n) is 17.7. The molecular formula is C52H69N3O12S. The van der Waals surface area contributed by atoms with Gasteiger partial charge in [0, 0.05) is 26.1 Å². The van der Waals surface area contributed by atoms with Gasteiger partial charge in [0.1, 0.15) is 18.5 Å². The number of amides is 2. The van der Waals surface area contributed by atoms with E-state index in [1.807, 2.05) is 74.5 Å². The van der Waals surface area contributed by atoms with E-state index in [9.17, 15) is 23.1 Å². The summed E-state index contributed by atoms with van der Waals surface area (Å²) in [4.78, 5) is 25.8. The number of fused-ring (bicyclic) bond motifs is 1. The standard InChI is InChI=1S/C52H69N3O12S/c1-37(2)33-55(34-46(56)45(31-39-12-6-5-7-13-39)54-52(58)67-49-36-66-51-44(49)25-28-65-51)68(59,60)43-22-19-41(20-23-43)35-63-27-9-8-18-50(57)53-26-29-64-42-17-11-16-38(30-42)14-10-15-40-21-24-47(61-3)48(32-40)62-4/h5-7,11-13,16-17,19-24,30,32,37,44-46,49,51,56H,8-10,14-15,18,25-29,31,33-36H2,1-4H3,(H,53,57)(H,54,58). The number of aliphatic hydroxyl groups excluding tert-OH is 1. The van der Waals surface area contributed by atoms with Crippen molar-refractivity contribution in [2.24, 2.45) is 11.8 Å². The van der Waals surface area contributed by atoms with Gasteiger partial charge in [-0.3, -0.25) is 4.79 Å². The summed E-state index contributed by atoms with van der Waals surface area (Å²) in [5, 5.41) is 17.4. The Balaban J connectivity index is 0.887. The molecule has 0 aliphatic carbocycles. The first-order valence-corrected chi connectivity index (χ1v) is 25.1. The largest absolute Gasteiger partial charge is 0.493 e. The number of aryl methyl sites for hydroxylation is 2. The van der Waals surface area contributed by atoms with Crippen molar-refractivity contribution in [3.63, 3.8) is 0 Å². The van der Waals surface area contributed by atoms with E-state index in [0.29, 0.717) is 45.6 Å². The van der Waals surface area contributed by atoms with Crippen LogP contribution in [0, 0.1) is 11.8 Å². The van der Waals surface area contributed by atoms with Gasteiger partial charge in [-0.2, -0.15) is 4.31 Å². The van der Waals surface area contributed by atoms with E-state index in [4.69, 9.17) is 33.2 Å². The lowest BCUT2D eigenvalue weighted by molar-refractivity contribution is -0.121. The van der Waals surface area contributed by atoms with Crippen molar-refractivity contribution in [1.29, 1.82) is 0 Å². The third-order valence-electron chi connectivity index (χ3n) is 12.0. The minimum absolute atomic E-state index is 0.0487. The average molecular weight is 960 g/mol. The summed E-state index contributed by atoms with van der Waals surface area (Å²) in [6.45, 7) is 5.96. The third-order valence-corrected chi connectivity index (χ3v) is 13.9. The fourth-order valence-electron chi connectivity index (χ4n) is 8.39. The number of rotatable bonds is 28. The maximum atomic E-state index is 14.1. The van der Waals surface area contributed by atoms with Crippen molar-refractivity contribution >= 4 is 22.0 Å². The van der Waals surface area contributed by atoms with E-state index < -0.39 is 34.4 Å². The van der Waals surface area contributed by atoms with Crippen LogP contribution in [-0.2, 0) is 59.6 Å². The molecule has 5 unspecified atom stereocenters. The Hall–Kier alpha value is -5.23. The molecule has 0 saturated carbocycles. The molecule has 0 bridgehead atoms. The molecule has 5 atom stereocenters. The first-order valence-electron chi connectivity index (χ1n) is 23.7. The number of hydrogen-bond donors (Lipinski definition) is 3. The molecule has 4 aromatic rings. The summed E-state index contributed by atoms with van der Waals surface area (Å²) in [6.07, 6.45) is 2.63. The van der Waals surface area contributed by atoms with Crippen molar-refractivity contribution in [3.8, 4) is 17.2 Å². The van der Waals surface area contributed by atoms with Gasteiger partial charge >= 0.3 is 6.09 Å². The van der Waals surface area contributed by atoms with Crippen LogP contribution in [0.25, 0.3) is 0 Å². The van der Waals surface area contributed by atoms with Crippen LogP contribution in [0.1, 0.15) is 68.2 Å². The van der Waals surface area contributed by atoms with Gasteiger partial charge in [-0.15, -0.1) is 0 Å². The van der Waals surface area contributed by atoms with Crippen LogP contribution in [0.4, 0.5) is 4.79 Å². The van der Waals surface area contributed by atoms with E-state index >= 15 is 0 Å². The molecule has 2 amide bonds. The molecule has 68 heavy (non-hydrogen) atoms. The molecule has 0 aromatic heterocycles. The number of sulfonamides is 1. The molecule has 2 aliphatic heterocycles. The highest BCUT2D eigenvalue weighted by molar-refractivity contribution is 7.89. The number of nitrogens with zero attached hydrogens (tertiary/aromatic N) is 1. The summed E-state index contributed by atoms with van der Waals surface area (Å²) in [5.74, 6) is 2.07. The number of carbonyl (C=O) groups excluding carboxylic acids is 2. The topological polar surface area (TPSA) is 180 Å². The monoisotopic (exact) mass is 959 g/mol. The van der Waals surface area contributed by atoms with Gasteiger partial charge < -0.3 is 48.9 Å². The Morgan fingerprint density at radius 2 is 1.54 bits per heavy atom. The zero-order chi connectivity index (χ0) is 48.3. The smallest absolute Gasteiger partial charge is 0.407 e. The third kappa shape index (κ3) is 15.9. The summed E-state index contributed by atoms with van der Waals surface area (Å²) in [6, 6.07) is 29.1. The maximum Gasteiger partial charge on any atom is 0.407 e. The molecule has 2 aliphatic rings. The first-order chi connectivity index (χ1) is 32.9. The van der Waals surface area contributed by atoms with Crippen molar-refractivity contribution in [2.75, 3.05) is 60.3 Å². The van der Waals surface area contributed by atoms with Gasteiger partial charge in [-0.25, -0.2) is 13.2 Å². The summed E-state index contributed by atoms with van der Waals surface area (Å²) in [5.41, 5.74) is 4.03. The van der Waals surface area contributed by atoms with Crippen LogP contribution in [0.2, 0.25) is 0 Å². The predicted octanol–water partition coefficient (Wildman–Crippen LogP) is 6.87. The lowest BCUT2D eigenvalue weighted by Crippen LogP contribution is -2.51. The first kappa shape index (κ1) is 52.1. The predicted molar refractivity (Wildman–Crippen MR) is 257 cm³/mol. The molecule has 4 aromatic carbocycles. The van der Waals surface area contributed by atoms with Crippen LogP contribution in [0.15, 0.2) is 102 Å². The number of aliphatic hydroxyl groups is 1. The van der Waals surface area contributed by atoms with Crippen molar-refractivity contribution in [2.45, 2.75) is 101 Å². The van der Waals surface area contributed by atoms with Gasteiger partial charge in [0.05, 0.1) is 63.5 Å². The Labute approximate surface area is 401 Å². The van der Waals surface area contributed by atoms with Crippen molar-refractivity contribution in [1.82, 2.24) is 14.9 Å². The number of methoxy groups -OCH3 is 2. The van der Waals surface area contributed by atoms with Crippen LogP contribution in [0.5, 0.6) is 17.2 Å². The van der Waals surface area contributed by atoms with Crippen LogP contribution < -0.4 is 24.8 Å². The molecule has 0 radical (unpaired) electrons. The van der Waals surface area contributed by atoms with Crippen molar-refractivity contribution < 1.29 is 56.3 Å². The Morgan fingerprint density at radius 1 is 0.809 bits per heavy atom. The number of hydrogen-bond acceptors (Lipinski definition) is 12. The number of ether oxygens (including phenoxy) is 7. The van der Waals surface area contributed by atoms with Gasteiger partial charge in [0.25, 0.3) is 0 Å². The fourth-order valence-corrected chi connectivity index (χ4v) is 10.0. The van der Waals surface area contributed by atoms with Crippen LogP contribution in [0.3, 0.4) is 0 Å². The molecular weight excluding hydrogens is 891 g/mol. The molecule has 2 saturated heterocycles. The number of nitrogens with one attached hydrogen (secondary N) is 2. The molecule has 0 spiro atoms. The molecule has 3 N–H and O–H groups in total. The lowest BCUT2D eigenvalue weighted by Gasteiger charge is -2.31. The number of carbonyl (C=O) groups is 2. The molecule has 2 fully saturated rings. The summed E-state index contributed by atoms with van der Waals surface area (Å²) < 4.78 is 68.9. The molecule has 16 heteroatoms. The van der Waals surface area contributed by atoms with E-state index in [0.717, 1.165) is 54.1 Å². The molecule has 370 valence electrons. The number of alkyl carbamates (subject to hydrolysis) is 1. The van der Waals surface area contributed by atoms with E-state index in [-0.39, 0.29) is 61.7 Å². The van der Waals surface area contributed by atoms with Gasteiger partial charge in [-0.05, 0) is 110 Å². The normalized spacial score (nSPS) is 17.7. The maximum absolute atomic E-state index is 14.1. The second-order valence-corrected chi connectivity index (χ2v) is 19.7. The Kier molecular flexibility index (Phi) is 20.3. The quantitative estimate of drug-likeness (QED) is 0.0504.